The first kappa shape index (κ1) is 39.9. The maximum absolute atomic E-state index is 13.5. The summed E-state index contributed by atoms with van der Waals surface area (Å²) in [6.07, 6.45) is 7.64. The highest BCUT2D eigenvalue weighted by Gasteiger charge is 2.43. The number of hydrogen-bond donors (Lipinski definition) is 4. The van der Waals surface area contributed by atoms with E-state index >= 15 is 0 Å². The van der Waals surface area contributed by atoms with E-state index in [-0.39, 0.29) is 17.7 Å². The van der Waals surface area contributed by atoms with Gasteiger partial charge in [-0.2, -0.15) is 0 Å². The molecule has 1 saturated heterocycles. The zero-order valence-electron chi connectivity index (χ0n) is 32.3. The van der Waals surface area contributed by atoms with Crippen molar-refractivity contribution < 1.29 is 30.0 Å². The van der Waals surface area contributed by atoms with Crippen molar-refractivity contribution in [1.82, 2.24) is 4.90 Å². The Morgan fingerprint density at radius 3 is 2.33 bits per heavy atom. The van der Waals surface area contributed by atoms with Crippen LogP contribution in [0.3, 0.4) is 0 Å². The van der Waals surface area contributed by atoms with Crippen LogP contribution in [-0.2, 0) is 9.53 Å². The summed E-state index contributed by atoms with van der Waals surface area (Å²) < 4.78 is 5.60. The second-order valence-corrected chi connectivity index (χ2v) is 16.0. The molecule has 1 amide bonds. The topological polar surface area (TPSA) is 160 Å². The third-order valence-corrected chi connectivity index (χ3v) is 12.6. The zero-order chi connectivity index (χ0) is 39.0. The second-order valence-electron chi connectivity index (χ2n) is 14.8. The first-order valence-electron chi connectivity index (χ1n) is 18.9. The lowest BCUT2D eigenvalue weighted by molar-refractivity contribution is -0.205. The van der Waals surface area contributed by atoms with Crippen LogP contribution in [0.15, 0.2) is 113 Å². The van der Waals surface area contributed by atoms with Crippen molar-refractivity contribution in [3.63, 3.8) is 0 Å². The minimum atomic E-state index is -1.40. The smallest absolute Gasteiger partial charge is 0.222 e. The van der Waals surface area contributed by atoms with Gasteiger partial charge in [-0.3, -0.25) is 9.79 Å². The van der Waals surface area contributed by atoms with E-state index in [4.69, 9.17) is 24.7 Å². The highest BCUT2D eigenvalue weighted by atomic mass is 32.2. The molecule has 0 spiro atoms. The highest BCUT2D eigenvalue weighted by Crippen LogP contribution is 2.40. The average Bonchev–Trinajstić information content (AvgIpc) is 3.86. The van der Waals surface area contributed by atoms with E-state index < -0.39 is 36.5 Å². The number of aliphatic hydroxyl groups excluding tert-OH is 4. The lowest BCUT2D eigenvalue weighted by Gasteiger charge is -2.39. The summed E-state index contributed by atoms with van der Waals surface area (Å²) >= 11 is 1.29. The fraction of sp³-hybridized carbons (Fsp3) is 0.500. The van der Waals surface area contributed by atoms with Crippen LogP contribution in [0.1, 0.15) is 67.2 Å². The Bertz CT molecular complexity index is 1960. The lowest BCUT2D eigenvalue weighted by atomic mass is 9.83. The number of rotatable bonds is 11. The van der Waals surface area contributed by atoms with Crippen molar-refractivity contribution in [3.05, 3.63) is 93.2 Å². The number of fused-ring (bicyclic) bond motifs is 4. The molecule has 0 radical (unpaired) electrons. The van der Waals surface area contributed by atoms with Crippen molar-refractivity contribution in [2.75, 3.05) is 26.0 Å². The summed E-state index contributed by atoms with van der Waals surface area (Å²) in [6.45, 7) is 16.8. The number of hydrogen-bond acceptors (Lipinski definition) is 11. The maximum Gasteiger partial charge on any atom is 0.222 e. The van der Waals surface area contributed by atoms with Crippen molar-refractivity contribution in [1.29, 1.82) is 0 Å². The number of amides is 1. The van der Waals surface area contributed by atoms with Crippen LogP contribution < -0.4 is 0 Å². The van der Waals surface area contributed by atoms with Crippen LogP contribution in [0.4, 0.5) is 0 Å². The van der Waals surface area contributed by atoms with Gasteiger partial charge < -0.3 is 30.1 Å². The molecule has 1 fully saturated rings. The van der Waals surface area contributed by atoms with Gasteiger partial charge in [0.1, 0.15) is 29.9 Å². The minimum Gasteiger partial charge on any atom is -0.394 e. The van der Waals surface area contributed by atoms with Gasteiger partial charge in [-0.1, -0.05) is 26.5 Å². The Hall–Kier alpha value is -3.78. The molecule has 4 N–H and O–H groups in total. The predicted octanol–water partition coefficient (Wildman–Crippen LogP) is 5.33. The van der Waals surface area contributed by atoms with Gasteiger partial charge in [-0.05, 0) is 105 Å². The number of aliphatic imine (C=N–C) groups is 4. The van der Waals surface area contributed by atoms with E-state index in [0.717, 1.165) is 79.9 Å². The molecule has 54 heavy (non-hydrogen) atoms. The quantitative estimate of drug-likeness (QED) is 0.208. The first-order chi connectivity index (χ1) is 25.8. The largest absolute Gasteiger partial charge is 0.394 e. The Morgan fingerprint density at radius 1 is 0.926 bits per heavy atom. The molecular weight excluding hydrogens is 703 g/mol. The molecule has 288 valence electrons. The normalized spacial score (nSPS) is 29.4. The molecule has 7 atom stereocenters. The maximum atomic E-state index is 13.5. The molecule has 11 nitrogen and oxygen atoms in total. The van der Waals surface area contributed by atoms with Crippen LogP contribution in [0.25, 0.3) is 0 Å². The van der Waals surface area contributed by atoms with Crippen molar-refractivity contribution in [3.8, 4) is 0 Å². The van der Waals surface area contributed by atoms with Crippen LogP contribution in [0.5, 0.6) is 0 Å². The molecule has 8 bridgehead atoms. The molecule has 0 aromatic heterocycles. The molecule has 0 unspecified atom stereocenters. The van der Waals surface area contributed by atoms with Crippen LogP contribution in [0.2, 0.25) is 0 Å². The summed E-state index contributed by atoms with van der Waals surface area (Å²) in [5, 5.41) is 40.0. The molecule has 6 rings (SSSR count). The van der Waals surface area contributed by atoms with E-state index in [9.17, 15) is 25.2 Å². The van der Waals surface area contributed by atoms with Gasteiger partial charge in [0.15, 0.2) is 0 Å². The van der Waals surface area contributed by atoms with Gasteiger partial charge in [0.2, 0.25) is 5.91 Å². The average molecular weight is 756 g/mol. The van der Waals surface area contributed by atoms with Gasteiger partial charge in [0.25, 0.3) is 0 Å². The molecular formula is C42H53N5O6S. The number of ether oxygens (including phenoxy) is 1. The summed E-state index contributed by atoms with van der Waals surface area (Å²) in [7, 11) is 1.80. The number of carbonyl (C=O) groups is 1. The zero-order valence-corrected chi connectivity index (χ0v) is 33.2. The summed E-state index contributed by atoms with van der Waals surface area (Å²) in [6, 6.07) is 0. The molecule has 0 aromatic carbocycles. The Morgan fingerprint density at radius 2 is 1.63 bits per heavy atom. The van der Waals surface area contributed by atoms with Crippen molar-refractivity contribution >= 4 is 40.5 Å². The highest BCUT2D eigenvalue weighted by molar-refractivity contribution is 7.99. The van der Waals surface area contributed by atoms with Crippen molar-refractivity contribution in [2.45, 2.75) is 97.1 Å². The third-order valence-electron chi connectivity index (χ3n) is 11.4. The van der Waals surface area contributed by atoms with E-state index in [2.05, 4.69) is 72.4 Å². The SMILES string of the molecule is C=CC1=C(C)C2=NC1=CC1=NC(=CC3=NC(=C(C)C4=NC(=C2)[C@@H](C)[C@@H]4CCC(=O)N(C)CCCS[C@@H]2O[C@H](CO)[C@@H](O)[C@H](O)[C@H]2O)C=C3C)C(CC)=C1C. The van der Waals surface area contributed by atoms with E-state index in [1.807, 2.05) is 6.08 Å². The molecule has 12 heteroatoms. The minimum absolute atomic E-state index is 0.0103. The standard InChI is InChI=1S/C42H53N5O6S/c1-9-26-23(5)32-19-35-27(10-2)22(4)31(44-35)18-33-24(6)28(38(46-33)25(7)30-16-21(3)29(43-30)17-34(26)45-32)12-13-37(49)47(8)14-11-15-54-42-41(52)40(51)39(50)36(20-48)53-42/h10,16-19,24,28,36,39-42,48,50-52H,2,9,11-15,20H2,1,3-8H3/t24-,28-,36+,39+,40-,41+,42-/m0/s1. The number of aliphatic hydroxyl groups is 4. The Labute approximate surface area is 322 Å². The second kappa shape index (κ2) is 16.5. The van der Waals surface area contributed by atoms with Gasteiger partial charge >= 0.3 is 0 Å². The van der Waals surface area contributed by atoms with Crippen LogP contribution in [0, 0.1) is 11.8 Å². The molecule has 6 aliphatic heterocycles. The fourth-order valence-electron chi connectivity index (χ4n) is 7.82. The molecule has 6 aliphatic rings. The number of nitrogens with zero attached hydrogens (tertiary/aromatic N) is 5. The van der Waals surface area contributed by atoms with Crippen LogP contribution >= 0.6 is 11.8 Å². The van der Waals surface area contributed by atoms with Crippen molar-refractivity contribution in [2.24, 2.45) is 31.8 Å². The lowest BCUT2D eigenvalue weighted by Crippen LogP contribution is -2.57. The summed E-state index contributed by atoms with van der Waals surface area (Å²) in [5.74, 6) is 0.600. The number of allylic oxidation sites excluding steroid dienone is 11. The van der Waals surface area contributed by atoms with Gasteiger partial charge in [0, 0.05) is 48.8 Å². The van der Waals surface area contributed by atoms with Gasteiger partial charge in [-0.15, -0.1) is 11.8 Å². The predicted molar refractivity (Wildman–Crippen MR) is 217 cm³/mol. The first-order valence-corrected chi connectivity index (χ1v) is 19.9. The summed E-state index contributed by atoms with van der Waals surface area (Å²) in [5.41, 5.74) is 12.7. The van der Waals surface area contributed by atoms with E-state index in [1.54, 1.807) is 11.9 Å². The van der Waals surface area contributed by atoms with E-state index in [0.29, 0.717) is 31.6 Å². The molecule has 0 aliphatic carbocycles. The molecule has 0 saturated carbocycles. The Kier molecular flexibility index (Phi) is 12.2. The van der Waals surface area contributed by atoms with Gasteiger partial charge in [-0.25, -0.2) is 15.0 Å². The fourth-order valence-corrected chi connectivity index (χ4v) is 8.93. The van der Waals surface area contributed by atoms with E-state index in [1.165, 1.54) is 17.3 Å². The molecule has 6 heterocycles. The number of thioether (sulfide) groups is 1. The third kappa shape index (κ3) is 7.69. The monoisotopic (exact) mass is 755 g/mol. The molecule has 0 aromatic rings. The summed E-state index contributed by atoms with van der Waals surface area (Å²) in [4.78, 5) is 35.7. The van der Waals surface area contributed by atoms with Crippen LogP contribution in [-0.4, -0.2) is 110 Å². The van der Waals surface area contributed by atoms with Gasteiger partial charge in [0.05, 0.1) is 40.8 Å². The number of carbonyl (C=O) groups excluding carboxylic acids is 1. The Balaban J connectivity index is 1.21.